The Morgan fingerprint density at radius 1 is 1.19 bits per heavy atom. The van der Waals surface area contributed by atoms with Gasteiger partial charge in [0.1, 0.15) is 0 Å². The number of hydrogen-bond donors (Lipinski definition) is 1. The second kappa shape index (κ2) is 9.50. The van der Waals surface area contributed by atoms with Gasteiger partial charge in [-0.1, -0.05) is 52.0 Å². The normalized spacial score (nSPS) is 13.4. The minimum absolute atomic E-state index is 0.223. The molecule has 0 saturated heterocycles. The van der Waals surface area contributed by atoms with Gasteiger partial charge < -0.3 is 10.1 Å². The molecule has 0 fully saturated rings. The van der Waals surface area contributed by atoms with Gasteiger partial charge in [-0.15, -0.1) is 0 Å². The maximum Gasteiger partial charge on any atom is 0.0470 e. The number of benzene rings is 1. The van der Waals surface area contributed by atoms with Crippen molar-refractivity contribution < 1.29 is 4.74 Å². The fraction of sp³-hybridized carbons (Fsp3) is 0.667. The lowest BCUT2D eigenvalue weighted by Crippen LogP contribution is -2.23. The molecule has 0 aliphatic heterocycles. The Bertz CT molecular complexity index is 383. The molecule has 1 atom stereocenters. The van der Waals surface area contributed by atoms with Crippen LogP contribution in [0.2, 0.25) is 0 Å². The van der Waals surface area contributed by atoms with Crippen LogP contribution in [0.5, 0.6) is 0 Å². The van der Waals surface area contributed by atoms with Gasteiger partial charge in [0, 0.05) is 25.5 Å². The van der Waals surface area contributed by atoms with Crippen molar-refractivity contribution in [1.29, 1.82) is 0 Å². The fourth-order valence-corrected chi connectivity index (χ4v) is 3.28. The van der Waals surface area contributed by atoms with E-state index in [1.807, 2.05) is 11.8 Å². The van der Waals surface area contributed by atoms with Crippen molar-refractivity contribution in [3.63, 3.8) is 0 Å². The lowest BCUT2D eigenvalue weighted by molar-refractivity contribution is 0.200. The van der Waals surface area contributed by atoms with Crippen LogP contribution < -0.4 is 5.32 Å². The van der Waals surface area contributed by atoms with Gasteiger partial charge in [0.25, 0.3) is 0 Å². The molecule has 0 aliphatic carbocycles. The van der Waals surface area contributed by atoms with Gasteiger partial charge in [0.2, 0.25) is 0 Å². The molecular formula is C18H31NOS. The third-order valence-corrected chi connectivity index (χ3v) is 4.70. The maximum absolute atomic E-state index is 5.10. The summed E-state index contributed by atoms with van der Waals surface area (Å²) in [6.07, 6.45) is 1.13. The zero-order chi connectivity index (χ0) is 15.7. The molecule has 1 N–H and O–H groups in total. The van der Waals surface area contributed by atoms with Crippen LogP contribution in [0.4, 0.5) is 0 Å². The predicted octanol–water partition coefficient (Wildman–Crippen LogP) is 4.40. The monoisotopic (exact) mass is 309 g/mol. The molecule has 0 saturated carbocycles. The summed E-state index contributed by atoms with van der Waals surface area (Å²) in [5, 5.41) is 3.60. The molecule has 0 aromatic heterocycles. The lowest BCUT2D eigenvalue weighted by atomic mass is 9.86. The zero-order valence-corrected chi connectivity index (χ0v) is 15.1. The van der Waals surface area contributed by atoms with Gasteiger partial charge in [0.15, 0.2) is 0 Å². The summed E-state index contributed by atoms with van der Waals surface area (Å²) in [5.74, 6) is 2.28. The average molecular weight is 310 g/mol. The van der Waals surface area contributed by atoms with E-state index in [1.165, 1.54) is 11.1 Å². The van der Waals surface area contributed by atoms with Gasteiger partial charge in [-0.25, -0.2) is 0 Å². The summed E-state index contributed by atoms with van der Waals surface area (Å²) in [7, 11) is 1.77. The molecule has 0 radical (unpaired) electrons. The molecule has 1 aromatic carbocycles. The minimum Gasteiger partial charge on any atom is -0.385 e. The van der Waals surface area contributed by atoms with Crippen molar-refractivity contribution in [2.24, 2.45) is 0 Å². The van der Waals surface area contributed by atoms with Crippen LogP contribution in [0.3, 0.4) is 0 Å². The van der Waals surface area contributed by atoms with Crippen LogP contribution in [0, 0.1) is 0 Å². The van der Waals surface area contributed by atoms with Gasteiger partial charge in [-0.3, -0.25) is 0 Å². The minimum atomic E-state index is 0.223. The first-order valence-corrected chi connectivity index (χ1v) is 9.05. The highest BCUT2D eigenvalue weighted by Crippen LogP contribution is 2.25. The largest absolute Gasteiger partial charge is 0.385 e. The summed E-state index contributed by atoms with van der Waals surface area (Å²) in [4.78, 5) is 0. The predicted molar refractivity (Wildman–Crippen MR) is 95.4 cm³/mol. The van der Waals surface area contributed by atoms with Crippen LogP contribution in [0.15, 0.2) is 24.3 Å². The van der Waals surface area contributed by atoms with Crippen molar-refractivity contribution in [3.8, 4) is 0 Å². The molecule has 21 heavy (non-hydrogen) atoms. The summed E-state index contributed by atoms with van der Waals surface area (Å²) in [6.45, 7) is 10.8. The molecule has 1 aromatic rings. The zero-order valence-electron chi connectivity index (χ0n) is 14.2. The highest BCUT2D eigenvalue weighted by Gasteiger charge is 2.15. The molecule has 0 spiro atoms. The highest BCUT2D eigenvalue weighted by atomic mass is 32.2. The van der Waals surface area contributed by atoms with Crippen molar-refractivity contribution in [2.75, 3.05) is 31.8 Å². The Kier molecular flexibility index (Phi) is 8.38. The van der Waals surface area contributed by atoms with E-state index in [2.05, 4.69) is 57.3 Å². The van der Waals surface area contributed by atoms with Gasteiger partial charge in [0.05, 0.1) is 0 Å². The second-order valence-corrected chi connectivity index (χ2v) is 7.55. The van der Waals surface area contributed by atoms with Crippen LogP contribution in [0.25, 0.3) is 0 Å². The number of hydrogen-bond acceptors (Lipinski definition) is 3. The molecule has 0 bridgehead atoms. The first-order chi connectivity index (χ1) is 9.99. The molecule has 120 valence electrons. The van der Waals surface area contributed by atoms with Crippen molar-refractivity contribution >= 4 is 11.8 Å². The third kappa shape index (κ3) is 6.86. The standard InChI is InChI=1S/C18H31NOS/c1-6-19-17(14-21-13-7-12-20-5)15-8-10-16(11-9-15)18(2,3)4/h8-11,17,19H,6-7,12-14H2,1-5H3. The third-order valence-electron chi connectivity index (χ3n) is 3.55. The number of nitrogens with one attached hydrogen (secondary N) is 1. The first-order valence-electron chi connectivity index (χ1n) is 7.89. The molecule has 0 heterocycles. The summed E-state index contributed by atoms with van der Waals surface area (Å²) in [6, 6.07) is 9.55. The SMILES string of the molecule is CCNC(CSCCCOC)c1ccc(C(C)(C)C)cc1. The van der Waals surface area contributed by atoms with Gasteiger partial charge in [-0.05, 0) is 35.3 Å². The Morgan fingerprint density at radius 3 is 2.38 bits per heavy atom. The van der Waals surface area contributed by atoms with Crippen molar-refractivity contribution in [1.82, 2.24) is 5.32 Å². The van der Waals surface area contributed by atoms with Crippen molar-refractivity contribution in [3.05, 3.63) is 35.4 Å². The lowest BCUT2D eigenvalue weighted by Gasteiger charge is -2.22. The van der Waals surface area contributed by atoms with E-state index >= 15 is 0 Å². The van der Waals surface area contributed by atoms with Gasteiger partial charge in [-0.2, -0.15) is 11.8 Å². The molecule has 0 amide bonds. The number of thioether (sulfide) groups is 1. The molecule has 1 unspecified atom stereocenters. The summed E-state index contributed by atoms with van der Waals surface area (Å²) < 4.78 is 5.10. The Morgan fingerprint density at radius 2 is 1.86 bits per heavy atom. The topological polar surface area (TPSA) is 21.3 Å². The Labute approximate surface area is 135 Å². The van der Waals surface area contributed by atoms with E-state index in [9.17, 15) is 0 Å². The molecule has 1 rings (SSSR count). The van der Waals surface area contributed by atoms with E-state index in [1.54, 1.807) is 7.11 Å². The number of rotatable bonds is 9. The van der Waals surface area contributed by atoms with E-state index in [4.69, 9.17) is 4.74 Å². The average Bonchev–Trinajstić information content (AvgIpc) is 2.45. The molecule has 2 nitrogen and oxygen atoms in total. The quantitative estimate of drug-likeness (QED) is 0.683. The first kappa shape index (κ1) is 18.5. The van der Waals surface area contributed by atoms with Gasteiger partial charge >= 0.3 is 0 Å². The molecule has 0 aliphatic rings. The van der Waals surface area contributed by atoms with Crippen LogP contribution in [-0.2, 0) is 10.2 Å². The smallest absolute Gasteiger partial charge is 0.0470 e. The highest BCUT2D eigenvalue weighted by molar-refractivity contribution is 7.99. The van der Waals surface area contributed by atoms with E-state index in [0.29, 0.717) is 6.04 Å². The molecule has 3 heteroatoms. The van der Waals surface area contributed by atoms with Crippen LogP contribution >= 0.6 is 11.8 Å². The fourth-order valence-electron chi connectivity index (χ4n) is 2.24. The molecular weight excluding hydrogens is 278 g/mol. The van der Waals surface area contributed by atoms with Crippen molar-refractivity contribution in [2.45, 2.75) is 45.6 Å². The Hall–Kier alpha value is -0.510. The number of ether oxygens (including phenoxy) is 1. The Balaban J connectivity index is 2.59. The van der Waals surface area contributed by atoms with E-state index in [-0.39, 0.29) is 5.41 Å². The van der Waals surface area contributed by atoms with E-state index in [0.717, 1.165) is 31.1 Å². The summed E-state index contributed by atoms with van der Waals surface area (Å²) in [5.41, 5.74) is 3.01. The maximum atomic E-state index is 5.10. The van der Waals surface area contributed by atoms with E-state index < -0.39 is 0 Å². The number of methoxy groups -OCH3 is 1. The van der Waals surface area contributed by atoms with Crippen LogP contribution in [0.1, 0.15) is 51.3 Å². The van der Waals surface area contributed by atoms with Crippen LogP contribution in [-0.4, -0.2) is 31.8 Å². The second-order valence-electron chi connectivity index (χ2n) is 6.40. The summed E-state index contributed by atoms with van der Waals surface area (Å²) >= 11 is 2.00.